The second-order valence-electron chi connectivity index (χ2n) is 8.78. The fourth-order valence-electron chi connectivity index (χ4n) is 4.32. The van der Waals surface area contributed by atoms with Crippen LogP contribution in [-0.2, 0) is 26.2 Å². The molecule has 3 rings (SSSR count). The van der Waals surface area contributed by atoms with Crippen LogP contribution in [0.15, 0.2) is 53.0 Å². The van der Waals surface area contributed by atoms with Crippen LogP contribution in [-0.4, -0.2) is 50.0 Å². The second-order valence-corrected chi connectivity index (χ2v) is 11.5. The maximum atomic E-state index is 13.6. The molecule has 1 aliphatic carbocycles. The maximum Gasteiger partial charge on any atom is 0.244 e. The van der Waals surface area contributed by atoms with Crippen LogP contribution >= 0.6 is 15.9 Å². The molecule has 2 amide bonds. The van der Waals surface area contributed by atoms with Crippen molar-refractivity contribution in [3.8, 4) is 0 Å². The fourth-order valence-corrected chi connectivity index (χ4v) is 5.80. The number of amides is 2. The highest BCUT2D eigenvalue weighted by Gasteiger charge is 2.33. The highest BCUT2D eigenvalue weighted by atomic mass is 79.9. The molecule has 1 saturated carbocycles. The molecule has 1 aliphatic rings. The van der Waals surface area contributed by atoms with E-state index in [2.05, 4.69) is 21.2 Å². The molecule has 0 radical (unpaired) electrons. The Balaban J connectivity index is 1.92. The Morgan fingerprint density at radius 3 is 2.31 bits per heavy atom. The highest BCUT2D eigenvalue weighted by molar-refractivity contribution is 9.10. The Bertz CT molecular complexity index is 1140. The Morgan fingerprint density at radius 2 is 1.74 bits per heavy atom. The van der Waals surface area contributed by atoms with Crippen molar-refractivity contribution in [2.75, 3.05) is 17.1 Å². The molecule has 7 nitrogen and oxygen atoms in total. The minimum Gasteiger partial charge on any atom is -0.352 e. The summed E-state index contributed by atoms with van der Waals surface area (Å²) in [7, 11) is -3.81. The molecule has 0 saturated heterocycles. The first-order chi connectivity index (χ1) is 16.6. The molecule has 0 aromatic heterocycles. The summed E-state index contributed by atoms with van der Waals surface area (Å²) >= 11 is 3.36. The summed E-state index contributed by atoms with van der Waals surface area (Å²) in [6.07, 6.45) is 5.29. The zero-order chi connectivity index (χ0) is 25.6. The lowest BCUT2D eigenvalue weighted by Gasteiger charge is -2.33. The van der Waals surface area contributed by atoms with E-state index in [1.807, 2.05) is 6.92 Å². The van der Waals surface area contributed by atoms with Gasteiger partial charge in [-0.2, -0.15) is 0 Å². The van der Waals surface area contributed by atoms with Crippen molar-refractivity contribution in [1.82, 2.24) is 10.2 Å². The first-order valence-electron chi connectivity index (χ1n) is 11.7. The van der Waals surface area contributed by atoms with Gasteiger partial charge in [0, 0.05) is 17.1 Å². The second kappa shape index (κ2) is 12.0. The first kappa shape index (κ1) is 27.1. The largest absolute Gasteiger partial charge is 0.352 e. The Morgan fingerprint density at radius 1 is 1.11 bits per heavy atom. The van der Waals surface area contributed by atoms with E-state index in [1.165, 1.54) is 17.0 Å². The Kier molecular flexibility index (Phi) is 9.29. The first-order valence-corrected chi connectivity index (χ1v) is 14.3. The van der Waals surface area contributed by atoms with Crippen LogP contribution < -0.4 is 9.62 Å². The van der Waals surface area contributed by atoms with E-state index >= 15 is 0 Å². The zero-order valence-electron chi connectivity index (χ0n) is 19.9. The van der Waals surface area contributed by atoms with Gasteiger partial charge in [-0.05, 0) is 65.0 Å². The molecule has 1 atom stereocenters. The zero-order valence-corrected chi connectivity index (χ0v) is 22.3. The molecule has 190 valence electrons. The van der Waals surface area contributed by atoms with E-state index in [0.29, 0.717) is 22.1 Å². The van der Waals surface area contributed by atoms with Crippen molar-refractivity contribution >= 4 is 43.5 Å². The van der Waals surface area contributed by atoms with E-state index in [-0.39, 0.29) is 18.5 Å². The molecule has 2 aromatic rings. The number of carbonyl (C=O) groups excluding carboxylic acids is 2. The van der Waals surface area contributed by atoms with Crippen LogP contribution in [0.4, 0.5) is 10.1 Å². The summed E-state index contributed by atoms with van der Waals surface area (Å²) in [5.41, 5.74) is 0.965. The van der Waals surface area contributed by atoms with Gasteiger partial charge in [0.1, 0.15) is 18.4 Å². The average molecular weight is 569 g/mol. The van der Waals surface area contributed by atoms with E-state index in [4.69, 9.17) is 0 Å². The van der Waals surface area contributed by atoms with Gasteiger partial charge in [0.25, 0.3) is 0 Å². The van der Waals surface area contributed by atoms with E-state index in [9.17, 15) is 22.4 Å². The van der Waals surface area contributed by atoms with Crippen molar-refractivity contribution < 1.29 is 22.4 Å². The van der Waals surface area contributed by atoms with Gasteiger partial charge in [-0.25, -0.2) is 12.8 Å². The van der Waals surface area contributed by atoms with Gasteiger partial charge in [0.15, 0.2) is 0 Å². The van der Waals surface area contributed by atoms with Gasteiger partial charge in [0.2, 0.25) is 21.8 Å². The molecule has 0 heterocycles. The van der Waals surface area contributed by atoms with Crippen LogP contribution in [0.25, 0.3) is 0 Å². The molecule has 0 unspecified atom stereocenters. The molecule has 2 aromatic carbocycles. The predicted molar refractivity (Wildman–Crippen MR) is 138 cm³/mol. The van der Waals surface area contributed by atoms with Crippen molar-refractivity contribution in [1.29, 1.82) is 0 Å². The third-order valence-electron chi connectivity index (χ3n) is 6.15. The fraction of sp³-hybridized carbons (Fsp3) is 0.440. The van der Waals surface area contributed by atoms with Crippen molar-refractivity contribution in [3.63, 3.8) is 0 Å². The normalized spacial score (nSPS) is 15.0. The third kappa shape index (κ3) is 7.27. The number of hydrogen-bond donors (Lipinski definition) is 1. The number of para-hydroxylation sites is 1. The number of benzene rings is 2. The van der Waals surface area contributed by atoms with E-state index < -0.39 is 34.3 Å². The van der Waals surface area contributed by atoms with Crippen molar-refractivity contribution in [2.45, 2.75) is 57.7 Å². The summed E-state index contributed by atoms with van der Waals surface area (Å²) < 4.78 is 40.3. The Hall–Kier alpha value is -2.46. The number of anilines is 1. The van der Waals surface area contributed by atoms with Crippen LogP contribution in [0, 0.1) is 5.82 Å². The van der Waals surface area contributed by atoms with Crippen molar-refractivity contribution in [3.05, 3.63) is 64.4 Å². The van der Waals surface area contributed by atoms with E-state index in [1.54, 1.807) is 36.4 Å². The summed E-state index contributed by atoms with van der Waals surface area (Å²) in [5.74, 6) is -1.19. The quantitative estimate of drug-likeness (QED) is 0.465. The molecule has 10 heteroatoms. The van der Waals surface area contributed by atoms with Crippen LogP contribution in [0.1, 0.15) is 44.6 Å². The monoisotopic (exact) mass is 567 g/mol. The lowest BCUT2D eigenvalue weighted by Crippen LogP contribution is -2.53. The summed E-state index contributed by atoms with van der Waals surface area (Å²) in [6, 6.07) is 11.7. The summed E-state index contributed by atoms with van der Waals surface area (Å²) in [5, 5.41) is 3.05. The van der Waals surface area contributed by atoms with Gasteiger partial charge in [-0.1, -0.05) is 44.0 Å². The SMILES string of the molecule is CC[C@H](C(=O)NC1CCCC1)N(Cc1ccc(F)cc1)C(=O)CN(c1ccccc1Br)S(C)(=O)=O. The van der Waals surface area contributed by atoms with Crippen molar-refractivity contribution in [2.24, 2.45) is 0 Å². The molecular weight excluding hydrogens is 537 g/mol. The lowest BCUT2D eigenvalue weighted by atomic mass is 10.1. The van der Waals surface area contributed by atoms with Gasteiger partial charge in [-0.3, -0.25) is 13.9 Å². The van der Waals surface area contributed by atoms with Crippen LogP contribution in [0.2, 0.25) is 0 Å². The number of nitrogens with one attached hydrogen (secondary N) is 1. The van der Waals surface area contributed by atoms with E-state index in [0.717, 1.165) is 36.2 Å². The van der Waals surface area contributed by atoms with Crippen LogP contribution in [0.5, 0.6) is 0 Å². The smallest absolute Gasteiger partial charge is 0.244 e. The third-order valence-corrected chi connectivity index (χ3v) is 7.95. The molecular formula is C25H31BrFN3O4S. The lowest BCUT2D eigenvalue weighted by molar-refractivity contribution is -0.140. The molecule has 35 heavy (non-hydrogen) atoms. The Labute approximate surface area is 214 Å². The minimum atomic E-state index is -3.81. The van der Waals surface area contributed by atoms with Gasteiger partial charge < -0.3 is 10.2 Å². The molecule has 0 aliphatic heterocycles. The molecule has 0 spiro atoms. The maximum absolute atomic E-state index is 13.6. The number of hydrogen-bond acceptors (Lipinski definition) is 4. The minimum absolute atomic E-state index is 0.0449. The van der Waals surface area contributed by atoms with Gasteiger partial charge >= 0.3 is 0 Å². The molecule has 0 bridgehead atoms. The van der Waals surface area contributed by atoms with Gasteiger partial charge in [0.05, 0.1) is 11.9 Å². The number of halogens is 2. The van der Waals surface area contributed by atoms with Gasteiger partial charge in [-0.15, -0.1) is 0 Å². The standard InChI is InChI=1S/C25H31BrFN3O4S/c1-3-22(25(32)28-20-8-4-5-9-20)29(16-18-12-14-19(27)15-13-18)24(31)17-30(35(2,33)34)23-11-7-6-10-21(23)26/h6-7,10-15,20,22H,3-5,8-9,16-17H2,1-2H3,(H,28,32)/t22-/m1/s1. The van der Waals surface area contributed by atoms with Crippen LogP contribution in [0.3, 0.4) is 0 Å². The number of rotatable bonds is 10. The number of nitrogens with zero attached hydrogens (tertiary/aromatic N) is 2. The number of carbonyl (C=O) groups is 2. The molecule has 1 N–H and O–H groups in total. The summed E-state index contributed by atoms with van der Waals surface area (Å²) in [6.45, 7) is 1.38. The summed E-state index contributed by atoms with van der Waals surface area (Å²) in [4.78, 5) is 28.3. The average Bonchev–Trinajstić information content (AvgIpc) is 3.31. The topological polar surface area (TPSA) is 86.8 Å². The highest BCUT2D eigenvalue weighted by Crippen LogP contribution is 2.28. The number of sulfonamides is 1. The predicted octanol–water partition coefficient (Wildman–Crippen LogP) is 4.22. The molecule has 1 fully saturated rings.